The number of morpholine rings is 1. The van der Waals surface area contributed by atoms with Crippen LogP contribution in [0.4, 0.5) is 5.95 Å². The minimum absolute atomic E-state index is 0.186. The summed E-state index contributed by atoms with van der Waals surface area (Å²) >= 11 is 0. The van der Waals surface area contributed by atoms with Crippen LogP contribution < -0.4 is 10.4 Å². The zero-order valence-corrected chi connectivity index (χ0v) is 10.7. The molecule has 0 unspecified atom stereocenters. The zero-order chi connectivity index (χ0) is 13.1. The van der Waals surface area contributed by atoms with Gasteiger partial charge in [0.05, 0.1) is 12.7 Å². The highest BCUT2D eigenvalue weighted by Crippen LogP contribution is 2.16. The Morgan fingerprint density at radius 1 is 1.39 bits per heavy atom. The van der Waals surface area contributed by atoms with Gasteiger partial charge in [-0.3, -0.25) is 0 Å². The van der Waals surface area contributed by atoms with Crippen LogP contribution >= 0.6 is 0 Å². The maximum atomic E-state index is 8.98. The monoisotopic (exact) mass is 251 g/mol. The normalized spacial score (nSPS) is 20.3. The lowest BCUT2D eigenvalue weighted by molar-refractivity contribution is 0.0109. The minimum atomic E-state index is -1.52. The Labute approximate surface area is 107 Å². The summed E-state index contributed by atoms with van der Waals surface area (Å²) in [5, 5.41) is 18.0. The third-order valence-electron chi connectivity index (χ3n) is 3.08. The van der Waals surface area contributed by atoms with Gasteiger partial charge in [-0.2, -0.15) is 0 Å². The lowest BCUT2D eigenvalue weighted by Gasteiger charge is -2.34. The molecule has 0 aliphatic carbocycles. The van der Waals surface area contributed by atoms with Gasteiger partial charge in [0.1, 0.15) is 0 Å². The Morgan fingerprint density at radius 2 is 2.06 bits per heavy atom. The van der Waals surface area contributed by atoms with Gasteiger partial charge in [-0.1, -0.05) is 13.8 Å². The summed E-state index contributed by atoms with van der Waals surface area (Å²) in [7, 11) is -1.52. The summed E-state index contributed by atoms with van der Waals surface area (Å²) in [6.07, 6.45) is 3.06. The maximum Gasteiger partial charge on any atom is 0.491 e. The lowest BCUT2D eigenvalue weighted by Crippen LogP contribution is -2.45. The van der Waals surface area contributed by atoms with Gasteiger partial charge in [-0.15, -0.1) is 0 Å². The summed E-state index contributed by atoms with van der Waals surface area (Å²) in [4.78, 5) is 10.4. The van der Waals surface area contributed by atoms with E-state index in [9.17, 15) is 0 Å². The Balaban J connectivity index is 2.06. The van der Waals surface area contributed by atoms with E-state index < -0.39 is 7.12 Å². The maximum absolute atomic E-state index is 8.98. The van der Waals surface area contributed by atoms with Crippen LogP contribution in [0.3, 0.4) is 0 Å². The summed E-state index contributed by atoms with van der Waals surface area (Å²) in [6, 6.07) is 0. The molecule has 0 amide bonds. The molecule has 1 atom stereocenters. The first kappa shape index (κ1) is 13.3. The van der Waals surface area contributed by atoms with Crippen LogP contribution in [0.1, 0.15) is 13.8 Å². The van der Waals surface area contributed by atoms with E-state index in [4.69, 9.17) is 14.8 Å². The molecule has 2 N–H and O–H groups in total. The molecule has 1 aromatic heterocycles. The second-order valence-corrected chi connectivity index (χ2v) is 4.79. The lowest BCUT2D eigenvalue weighted by atomic mass is 9.83. The molecule has 1 aliphatic rings. The first-order chi connectivity index (χ1) is 8.58. The molecule has 0 bridgehead atoms. The third kappa shape index (κ3) is 2.98. The summed E-state index contributed by atoms with van der Waals surface area (Å²) in [5.41, 5.74) is 0.299. The molecule has 2 rings (SSSR count). The van der Waals surface area contributed by atoms with Gasteiger partial charge >= 0.3 is 7.12 Å². The van der Waals surface area contributed by atoms with Gasteiger partial charge in [-0.05, 0) is 5.92 Å². The number of nitrogens with zero attached hydrogens (tertiary/aromatic N) is 3. The number of hydrogen-bond donors (Lipinski definition) is 2. The van der Waals surface area contributed by atoms with E-state index >= 15 is 0 Å². The molecule has 1 aromatic rings. The zero-order valence-electron chi connectivity index (χ0n) is 10.7. The van der Waals surface area contributed by atoms with E-state index in [2.05, 4.69) is 28.7 Å². The van der Waals surface area contributed by atoms with Gasteiger partial charge < -0.3 is 19.7 Å². The van der Waals surface area contributed by atoms with Crippen molar-refractivity contribution in [1.29, 1.82) is 0 Å². The van der Waals surface area contributed by atoms with Gasteiger partial charge in [0.2, 0.25) is 5.95 Å². The molecule has 0 aromatic carbocycles. The molecule has 7 heteroatoms. The van der Waals surface area contributed by atoms with E-state index in [0.717, 1.165) is 13.1 Å². The number of ether oxygens (including phenoxy) is 1. The molecule has 0 radical (unpaired) electrons. The molecule has 0 saturated carbocycles. The Hall–Kier alpha value is -1.18. The Morgan fingerprint density at radius 3 is 2.61 bits per heavy atom. The summed E-state index contributed by atoms with van der Waals surface area (Å²) in [6.45, 7) is 6.43. The minimum Gasteiger partial charge on any atom is -0.423 e. The number of rotatable bonds is 3. The largest absolute Gasteiger partial charge is 0.491 e. The predicted molar refractivity (Wildman–Crippen MR) is 68.6 cm³/mol. The van der Waals surface area contributed by atoms with E-state index in [1.54, 1.807) is 0 Å². The third-order valence-corrected chi connectivity index (χ3v) is 3.08. The van der Waals surface area contributed by atoms with Crippen molar-refractivity contribution in [3.05, 3.63) is 12.4 Å². The first-order valence-corrected chi connectivity index (χ1v) is 6.12. The molecule has 6 nitrogen and oxygen atoms in total. The molecule has 18 heavy (non-hydrogen) atoms. The van der Waals surface area contributed by atoms with Crippen LogP contribution in [0.5, 0.6) is 0 Å². The Bertz CT molecular complexity index is 386. The summed E-state index contributed by atoms with van der Waals surface area (Å²) in [5.74, 6) is 1.06. The Kier molecular flexibility index (Phi) is 4.16. The predicted octanol–water partition coefficient (Wildman–Crippen LogP) is -0.982. The van der Waals surface area contributed by atoms with Crippen molar-refractivity contribution in [2.24, 2.45) is 5.92 Å². The van der Waals surface area contributed by atoms with Crippen molar-refractivity contribution in [1.82, 2.24) is 9.97 Å². The van der Waals surface area contributed by atoms with Crippen molar-refractivity contribution >= 4 is 18.5 Å². The van der Waals surface area contributed by atoms with Gasteiger partial charge in [0.25, 0.3) is 0 Å². The van der Waals surface area contributed by atoms with E-state index in [-0.39, 0.29) is 6.10 Å². The highest BCUT2D eigenvalue weighted by atomic mass is 16.5. The fraction of sp³-hybridized carbons (Fsp3) is 0.636. The van der Waals surface area contributed by atoms with Crippen molar-refractivity contribution in [3.63, 3.8) is 0 Å². The standard InChI is InChI=1S/C11H18BN3O3/c1-8(2)10-7-15(3-4-18-10)11-13-5-9(6-14-11)12(16)17/h5-6,8,10,16-17H,3-4,7H2,1-2H3/t10-/m1/s1. The van der Waals surface area contributed by atoms with Crippen LogP contribution in [0.2, 0.25) is 0 Å². The topological polar surface area (TPSA) is 78.7 Å². The first-order valence-electron chi connectivity index (χ1n) is 6.12. The fourth-order valence-electron chi connectivity index (χ4n) is 1.89. The second kappa shape index (κ2) is 5.64. The molecule has 0 spiro atoms. The van der Waals surface area contributed by atoms with Crippen molar-refractivity contribution in [2.45, 2.75) is 20.0 Å². The van der Waals surface area contributed by atoms with Crippen LogP contribution in [0, 0.1) is 5.92 Å². The van der Waals surface area contributed by atoms with Crippen molar-refractivity contribution < 1.29 is 14.8 Å². The van der Waals surface area contributed by atoms with Crippen LogP contribution in [-0.2, 0) is 4.74 Å². The molecule has 98 valence electrons. The number of aromatic nitrogens is 2. The summed E-state index contributed by atoms with van der Waals surface area (Å²) < 4.78 is 5.68. The average molecular weight is 251 g/mol. The average Bonchev–Trinajstić information content (AvgIpc) is 2.39. The molecular formula is C11H18BN3O3. The molecule has 1 saturated heterocycles. The molecule has 1 aliphatic heterocycles. The smallest absolute Gasteiger partial charge is 0.423 e. The van der Waals surface area contributed by atoms with E-state index in [1.807, 2.05) is 0 Å². The van der Waals surface area contributed by atoms with Gasteiger partial charge in [0, 0.05) is 30.9 Å². The molecule has 2 heterocycles. The SMILES string of the molecule is CC(C)[C@H]1CN(c2ncc(B(O)O)cn2)CCO1. The second-order valence-electron chi connectivity index (χ2n) is 4.79. The highest BCUT2D eigenvalue weighted by Gasteiger charge is 2.24. The van der Waals surface area contributed by atoms with Gasteiger partial charge in [0.15, 0.2) is 0 Å². The van der Waals surface area contributed by atoms with Gasteiger partial charge in [-0.25, -0.2) is 9.97 Å². The number of hydrogen-bond acceptors (Lipinski definition) is 6. The van der Waals surface area contributed by atoms with Crippen LogP contribution in [0.25, 0.3) is 0 Å². The number of anilines is 1. The quantitative estimate of drug-likeness (QED) is 0.672. The van der Waals surface area contributed by atoms with Crippen molar-refractivity contribution in [2.75, 3.05) is 24.6 Å². The highest BCUT2D eigenvalue weighted by molar-refractivity contribution is 6.58. The fourth-order valence-corrected chi connectivity index (χ4v) is 1.89. The molecular weight excluding hydrogens is 233 g/mol. The van der Waals surface area contributed by atoms with Crippen molar-refractivity contribution in [3.8, 4) is 0 Å². The van der Waals surface area contributed by atoms with E-state index in [0.29, 0.717) is 23.9 Å². The molecule has 1 fully saturated rings. The van der Waals surface area contributed by atoms with E-state index in [1.165, 1.54) is 12.4 Å². The van der Waals surface area contributed by atoms with Crippen LogP contribution in [-0.4, -0.2) is 52.9 Å². The van der Waals surface area contributed by atoms with Crippen LogP contribution in [0.15, 0.2) is 12.4 Å².